The van der Waals surface area contributed by atoms with E-state index in [0.717, 1.165) is 4.90 Å². The lowest BCUT2D eigenvalue weighted by atomic mass is 10.1. The third-order valence-electron chi connectivity index (χ3n) is 1.60. The van der Waals surface area contributed by atoms with Gasteiger partial charge in [0.25, 0.3) is 5.91 Å². The van der Waals surface area contributed by atoms with Crippen LogP contribution in [-0.4, -0.2) is 29.6 Å². The number of carbonyl (C=O) groups is 1. The molecule has 0 N–H and O–H groups in total. The van der Waals surface area contributed by atoms with Gasteiger partial charge in [0.1, 0.15) is 6.04 Å². The van der Waals surface area contributed by atoms with E-state index in [4.69, 9.17) is 5.26 Å². The molecule has 0 aliphatic rings. The van der Waals surface area contributed by atoms with Crippen molar-refractivity contribution in [3.8, 4) is 6.07 Å². The Morgan fingerprint density at radius 2 is 2.08 bits per heavy atom. The van der Waals surface area contributed by atoms with Crippen molar-refractivity contribution in [2.75, 3.05) is 7.05 Å². The number of nitriles is 1. The number of rotatable bonds is 2. The highest BCUT2D eigenvalue weighted by molar-refractivity contribution is 5.84. The van der Waals surface area contributed by atoms with Gasteiger partial charge in [-0.15, -0.1) is 0 Å². The van der Waals surface area contributed by atoms with Gasteiger partial charge in [-0.1, -0.05) is 0 Å². The Hall–Kier alpha value is -1.11. The number of alkyl halides is 1. The van der Waals surface area contributed by atoms with E-state index in [-0.39, 0.29) is 0 Å². The molecule has 12 heavy (non-hydrogen) atoms. The molecule has 0 saturated heterocycles. The zero-order valence-corrected chi connectivity index (χ0v) is 7.76. The van der Waals surface area contributed by atoms with Crippen molar-refractivity contribution in [1.29, 1.82) is 5.26 Å². The predicted octanol–water partition coefficient (Wildman–Crippen LogP) is 1.10. The van der Waals surface area contributed by atoms with Gasteiger partial charge >= 0.3 is 0 Å². The summed E-state index contributed by atoms with van der Waals surface area (Å²) in [6.45, 7) is 3.90. The Morgan fingerprint density at radius 3 is 2.33 bits per heavy atom. The second-order valence-corrected chi connectivity index (χ2v) is 3.19. The number of amides is 1. The van der Waals surface area contributed by atoms with Crippen LogP contribution in [0.5, 0.6) is 0 Å². The Balaban J connectivity index is 4.43. The molecule has 0 heterocycles. The SMILES string of the molecule is CC(C#N)N(C)C(=O)C(C)(C)F. The molecular formula is C8H13FN2O. The monoisotopic (exact) mass is 172 g/mol. The highest BCUT2D eigenvalue weighted by Gasteiger charge is 2.31. The molecule has 0 aromatic rings. The highest BCUT2D eigenvalue weighted by Crippen LogP contribution is 2.13. The molecule has 4 heteroatoms. The predicted molar refractivity (Wildman–Crippen MR) is 43.0 cm³/mol. The molecule has 0 spiro atoms. The van der Waals surface area contributed by atoms with Gasteiger partial charge in [-0.3, -0.25) is 4.79 Å². The standard InChI is InChI=1S/C8H13FN2O/c1-6(5-10)11(4)7(12)8(2,3)9/h6H,1-4H3. The summed E-state index contributed by atoms with van der Waals surface area (Å²) in [4.78, 5) is 12.3. The first-order valence-corrected chi connectivity index (χ1v) is 3.66. The number of hydrogen-bond acceptors (Lipinski definition) is 2. The summed E-state index contributed by atoms with van der Waals surface area (Å²) < 4.78 is 13.0. The minimum Gasteiger partial charge on any atom is -0.327 e. The maximum atomic E-state index is 13.0. The van der Waals surface area contributed by atoms with E-state index in [2.05, 4.69) is 0 Å². The number of nitrogens with zero attached hydrogens (tertiary/aromatic N) is 2. The Kier molecular flexibility index (Phi) is 3.20. The zero-order chi connectivity index (χ0) is 9.94. The second-order valence-electron chi connectivity index (χ2n) is 3.19. The molecule has 0 aromatic carbocycles. The molecule has 1 atom stereocenters. The average Bonchev–Trinajstić information content (AvgIpc) is 1.98. The first-order valence-electron chi connectivity index (χ1n) is 3.66. The molecule has 0 saturated carbocycles. The van der Waals surface area contributed by atoms with Crippen molar-refractivity contribution in [3.05, 3.63) is 0 Å². The van der Waals surface area contributed by atoms with E-state index in [9.17, 15) is 9.18 Å². The van der Waals surface area contributed by atoms with Gasteiger partial charge in [0.15, 0.2) is 5.67 Å². The highest BCUT2D eigenvalue weighted by atomic mass is 19.1. The molecule has 0 radical (unpaired) electrons. The molecule has 0 aliphatic carbocycles. The molecule has 68 valence electrons. The van der Waals surface area contributed by atoms with Crippen LogP contribution in [0.3, 0.4) is 0 Å². The van der Waals surface area contributed by atoms with Gasteiger partial charge in [-0.05, 0) is 20.8 Å². The van der Waals surface area contributed by atoms with Crippen LogP contribution >= 0.6 is 0 Å². The molecule has 1 unspecified atom stereocenters. The largest absolute Gasteiger partial charge is 0.327 e. The van der Waals surface area contributed by atoms with Crippen LogP contribution in [0.4, 0.5) is 4.39 Å². The molecule has 0 bridgehead atoms. The fourth-order valence-corrected chi connectivity index (χ4v) is 0.682. The topological polar surface area (TPSA) is 44.1 Å². The lowest BCUT2D eigenvalue weighted by molar-refractivity contribution is -0.141. The molecular weight excluding hydrogens is 159 g/mol. The fourth-order valence-electron chi connectivity index (χ4n) is 0.682. The van der Waals surface area contributed by atoms with Crippen molar-refractivity contribution in [2.24, 2.45) is 0 Å². The van der Waals surface area contributed by atoms with Crippen molar-refractivity contribution >= 4 is 5.91 Å². The summed E-state index contributed by atoms with van der Waals surface area (Å²) in [5.74, 6) is -0.670. The smallest absolute Gasteiger partial charge is 0.260 e. The molecule has 0 rings (SSSR count). The van der Waals surface area contributed by atoms with Crippen molar-refractivity contribution < 1.29 is 9.18 Å². The normalized spacial score (nSPS) is 13.3. The van der Waals surface area contributed by atoms with E-state index in [1.165, 1.54) is 20.9 Å². The zero-order valence-electron chi connectivity index (χ0n) is 7.76. The molecule has 0 fully saturated rings. The summed E-state index contributed by atoms with van der Waals surface area (Å²) in [5.41, 5.74) is -1.90. The van der Waals surface area contributed by atoms with Crippen LogP contribution in [0.25, 0.3) is 0 Å². The van der Waals surface area contributed by atoms with Crippen LogP contribution in [0.15, 0.2) is 0 Å². The van der Waals surface area contributed by atoms with Crippen molar-refractivity contribution in [3.63, 3.8) is 0 Å². The van der Waals surface area contributed by atoms with Gasteiger partial charge < -0.3 is 4.90 Å². The van der Waals surface area contributed by atoms with Gasteiger partial charge in [-0.2, -0.15) is 5.26 Å². The Morgan fingerprint density at radius 1 is 1.67 bits per heavy atom. The maximum absolute atomic E-state index is 13.0. The van der Waals surface area contributed by atoms with Gasteiger partial charge in [0, 0.05) is 7.05 Å². The minimum absolute atomic E-state index is 0.590. The summed E-state index contributed by atoms with van der Waals surface area (Å²) in [6, 6.07) is 1.27. The average molecular weight is 172 g/mol. The molecule has 1 amide bonds. The van der Waals surface area contributed by atoms with Crippen LogP contribution in [0.1, 0.15) is 20.8 Å². The quantitative estimate of drug-likeness (QED) is 0.626. The number of halogens is 1. The van der Waals surface area contributed by atoms with E-state index in [0.29, 0.717) is 0 Å². The van der Waals surface area contributed by atoms with Crippen LogP contribution in [-0.2, 0) is 4.79 Å². The lowest BCUT2D eigenvalue weighted by Gasteiger charge is -2.24. The van der Waals surface area contributed by atoms with Gasteiger partial charge in [0.2, 0.25) is 0 Å². The van der Waals surface area contributed by atoms with E-state index in [1.807, 2.05) is 6.07 Å². The van der Waals surface area contributed by atoms with Crippen LogP contribution < -0.4 is 0 Å². The maximum Gasteiger partial charge on any atom is 0.260 e. The third-order valence-corrected chi connectivity index (χ3v) is 1.60. The first-order chi connectivity index (χ1) is 5.30. The third kappa shape index (κ3) is 2.50. The van der Waals surface area contributed by atoms with Crippen molar-refractivity contribution in [1.82, 2.24) is 4.90 Å². The fraction of sp³-hybridized carbons (Fsp3) is 0.750. The van der Waals surface area contributed by atoms with E-state index >= 15 is 0 Å². The molecule has 3 nitrogen and oxygen atoms in total. The van der Waals surface area contributed by atoms with Crippen molar-refractivity contribution in [2.45, 2.75) is 32.5 Å². The second kappa shape index (κ2) is 3.53. The summed E-state index contributed by atoms with van der Waals surface area (Å²) in [7, 11) is 1.41. The molecule has 0 aliphatic heterocycles. The Bertz CT molecular complexity index is 214. The minimum atomic E-state index is -1.90. The van der Waals surface area contributed by atoms with Gasteiger partial charge in [-0.25, -0.2) is 4.39 Å². The first kappa shape index (κ1) is 10.9. The lowest BCUT2D eigenvalue weighted by Crippen LogP contribution is -2.44. The molecule has 0 aromatic heterocycles. The number of hydrogen-bond donors (Lipinski definition) is 0. The van der Waals surface area contributed by atoms with Crippen LogP contribution in [0, 0.1) is 11.3 Å². The summed E-state index contributed by atoms with van der Waals surface area (Å²) in [6.07, 6.45) is 0. The number of carbonyl (C=O) groups excluding carboxylic acids is 1. The van der Waals surface area contributed by atoms with Crippen LogP contribution in [0.2, 0.25) is 0 Å². The van der Waals surface area contributed by atoms with E-state index in [1.54, 1.807) is 6.92 Å². The summed E-state index contributed by atoms with van der Waals surface area (Å²) in [5, 5.41) is 8.45. The van der Waals surface area contributed by atoms with E-state index < -0.39 is 17.6 Å². The van der Waals surface area contributed by atoms with Gasteiger partial charge in [0.05, 0.1) is 6.07 Å². The summed E-state index contributed by atoms with van der Waals surface area (Å²) >= 11 is 0. The Labute approximate surface area is 71.8 Å².